The molecule has 0 radical (unpaired) electrons. The average Bonchev–Trinajstić information content (AvgIpc) is 2.51. The lowest BCUT2D eigenvalue weighted by Gasteiger charge is -2.19. The van der Waals surface area contributed by atoms with E-state index in [1.807, 2.05) is 37.3 Å². The molecular weight excluding hydrogens is 334 g/mol. The summed E-state index contributed by atoms with van der Waals surface area (Å²) in [5.74, 6) is -0.595. The van der Waals surface area contributed by atoms with Crippen molar-refractivity contribution in [3.05, 3.63) is 46.4 Å². The Morgan fingerprint density at radius 2 is 1.81 bits per heavy atom. The Morgan fingerprint density at radius 1 is 1.14 bits per heavy atom. The largest absolute Gasteiger partial charge is 0.468 e. The summed E-state index contributed by atoms with van der Waals surface area (Å²) < 4.78 is 5.61. The van der Waals surface area contributed by atoms with Gasteiger partial charge >= 0.3 is 5.97 Å². The molecule has 1 amide bonds. The van der Waals surface area contributed by atoms with Crippen molar-refractivity contribution >= 4 is 38.6 Å². The Morgan fingerprint density at radius 3 is 2.48 bits per heavy atom. The highest BCUT2D eigenvalue weighted by Crippen LogP contribution is 2.21. The zero-order chi connectivity index (χ0) is 15.4. The number of rotatable bonds is 4. The van der Waals surface area contributed by atoms with Gasteiger partial charge in [0.05, 0.1) is 7.11 Å². The van der Waals surface area contributed by atoms with Crippen LogP contribution in [0, 0.1) is 0 Å². The van der Waals surface area contributed by atoms with Crippen molar-refractivity contribution < 1.29 is 14.3 Å². The topological polar surface area (TPSA) is 46.6 Å². The van der Waals surface area contributed by atoms with Gasteiger partial charge in [-0.2, -0.15) is 0 Å². The van der Waals surface area contributed by atoms with Crippen LogP contribution >= 0.6 is 15.9 Å². The SMILES string of the molecule is CCN(CC(=O)OC)C(=O)c1ccc2cc(Br)ccc2c1. The third-order valence-electron chi connectivity index (χ3n) is 3.27. The number of carbonyl (C=O) groups is 2. The second-order valence-corrected chi connectivity index (χ2v) is 5.52. The molecule has 0 aliphatic carbocycles. The molecule has 0 atom stereocenters. The van der Waals surface area contributed by atoms with E-state index in [4.69, 9.17) is 0 Å². The number of hydrogen-bond acceptors (Lipinski definition) is 3. The van der Waals surface area contributed by atoms with E-state index in [1.165, 1.54) is 12.0 Å². The lowest BCUT2D eigenvalue weighted by Crippen LogP contribution is -2.36. The van der Waals surface area contributed by atoms with Gasteiger partial charge in [-0.25, -0.2) is 0 Å². The van der Waals surface area contributed by atoms with Gasteiger partial charge in [0.15, 0.2) is 0 Å². The smallest absolute Gasteiger partial charge is 0.325 e. The number of benzene rings is 2. The number of ether oxygens (including phenoxy) is 1. The molecule has 0 N–H and O–H groups in total. The fourth-order valence-corrected chi connectivity index (χ4v) is 2.46. The average molecular weight is 350 g/mol. The van der Waals surface area contributed by atoms with Gasteiger partial charge in [-0.15, -0.1) is 0 Å². The monoisotopic (exact) mass is 349 g/mol. The van der Waals surface area contributed by atoms with Crippen LogP contribution < -0.4 is 0 Å². The molecule has 2 aromatic rings. The molecule has 0 aromatic heterocycles. The van der Waals surface area contributed by atoms with Crippen molar-refractivity contribution in [2.75, 3.05) is 20.2 Å². The second kappa shape index (κ2) is 6.72. The van der Waals surface area contributed by atoms with Gasteiger partial charge in [0.2, 0.25) is 0 Å². The third-order valence-corrected chi connectivity index (χ3v) is 3.76. The molecule has 0 unspecified atom stereocenters. The van der Waals surface area contributed by atoms with Crippen molar-refractivity contribution in [1.29, 1.82) is 0 Å². The molecule has 0 spiro atoms. The quantitative estimate of drug-likeness (QED) is 0.796. The van der Waals surface area contributed by atoms with Crippen LogP contribution in [0.5, 0.6) is 0 Å². The first-order valence-corrected chi connectivity index (χ1v) is 7.40. The van der Waals surface area contributed by atoms with Crippen molar-refractivity contribution in [3.63, 3.8) is 0 Å². The van der Waals surface area contributed by atoms with E-state index in [0.717, 1.165) is 15.2 Å². The normalized spacial score (nSPS) is 10.4. The van der Waals surface area contributed by atoms with Crippen LogP contribution in [-0.2, 0) is 9.53 Å². The first kappa shape index (κ1) is 15.5. The Hall–Kier alpha value is -1.88. The Labute approximate surface area is 131 Å². The van der Waals surface area contributed by atoms with Gasteiger partial charge in [-0.05, 0) is 42.0 Å². The fourth-order valence-electron chi connectivity index (χ4n) is 2.08. The number of methoxy groups -OCH3 is 1. The van der Waals surface area contributed by atoms with E-state index in [2.05, 4.69) is 20.7 Å². The summed E-state index contributed by atoms with van der Waals surface area (Å²) >= 11 is 3.42. The van der Waals surface area contributed by atoms with Crippen LogP contribution in [0.2, 0.25) is 0 Å². The van der Waals surface area contributed by atoms with Gasteiger partial charge < -0.3 is 9.64 Å². The zero-order valence-electron chi connectivity index (χ0n) is 11.9. The van der Waals surface area contributed by atoms with Gasteiger partial charge in [0.1, 0.15) is 6.54 Å². The number of fused-ring (bicyclic) bond motifs is 1. The summed E-state index contributed by atoms with van der Waals surface area (Å²) in [6.07, 6.45) is 0. The van der Waals surface area contributed by atoms with Gasteiger partial charge in [-0.1, -0.05) is 28.1 Å². The fraction of sp³-hybridized carbons (Fsp3) is 0.250. The number of nitrogens with zero attached hydrogens (tertiary/aromatic N) is 1. The predicted molar refractivity (Wildman–Crippen MR) is 85.2 cm³/mol. The van der Waals surface area contributed by atoms with Crippen LogP contribution in [0.3, 0.4) is 0 Å². The maximum absolute atomic E-state index is 12.4. The van der Waals surface area contributed by atoms with E-state index in [-0.39, 0.29) is 12.5 Å². The lowest BCUT2D eigenvalue weighted by molar-refractivity contribution is -0.141. The van der Waals surface area contributed by atoms with Crippen LogP contribution in [0.4, 0.5) is 0 Å². The standard InChI is InChI=1S/C16H16BrNO3/c1-3-18(10-15(19)21-2)16(20)13-5-4-12-9-14(17)7-6-11(12)8-13/h4-9H,3,10H2,1-2H3. The summed E-state index contributed by atoms with van der Waals surface area (Å²) in [6.45, 7) is 2.25. The minimum absolute atomic E-state index is 0.0375. The number of carbonyl (C=O) groups excluding carboxylic acids is 2. The molecule has 0 aliphatic heterocycles. The molecule has 0 bridgehead atoms. The van der Waals surface area contributed by atoms with Crippen molar-refractivity contribution in [2.45, 2.75) is 6.92 Å². The summed E-state index contributed by atoms with van der Waals surface area (Å²) in [5.41, 5.74) is 0.565. The minimum atomic E-state index is -0.421. The number of amides is 1. The molecule has 0 saturated carbocycles. The molecule has 2 aromatic carbocycles. The summed E-state index contributed by atoms with van der Waals surface area (Å²) in [5, 5.41) is 2.04. The second-order valence-electron chi connectivity index (χ2n) is 4.60. The van der Waals surface area contributed by atoms with Gasteiger partial charge in [0, 0.05) is 16.6 Å². The maximum Gasteiger partial charge on any atom is 0.325 e. The van der Waals surface area contributed by atoms with E-state index in [1.54, 1.807) is 6.07 Å². The third kappa shape index (κ3) is 3.61. The van der Waals surface area contributed by atoms with Gasteiger partial charge in [-0.3, -0.25) is 9.59 Å². The van der Waals surface area contributed by atoms with Crippen LogP contribution in [0.1, 0.15) is 17.3 Å². The Bertz CT molecular complexity index is 684. The molecule has 2 rings (SSSR count). The molecule has 0 heterocycles. The Kier molecular flexibility index (Phi) is 4.96. The van der Waals surface area contributed by atoms with Crippen molar-refractivity contribution in [1.82, 2.24) is 4.90 Å². The molecule has 4 nitrogen and oxygen atoms in total. The molecule has 110 valence electrons. The first-order valence-electron chi connectivity index (χ1n) is 6.60. The molecule has 0 fully saturated rings. The Balaban J connectivity index is 2.29. The van der Waals surface area contributed by atoms with Crippen molar-refractivity contribution in [2.24, 2.45) is 0 Å². The van der Waals surface area contributed by atoms with E-state index in [9.17, 15) is 9.59 Å². The van der Waals surface area contributed by atoms with Gasteiger partial charge in [0.25, 0.3) is 5.91 Å². The molecule has 0 saturated heterocycles. The number of likely N-dealkylation sites (N-methyl/N-ethyl adjacent to an activating group) is 1. The van der Waals surface area contributed by atoms with Crippen LogP contribution in [-0.4, -0.2) is 37.0 Å². The maximum atomic E-state index is 12.4. The van der Waals surface area contributed by atoms with Crippen molar-refractivity contribution in [3.8, 4) is 0 Å². The van der Waals surface area contributed by atoms with Crippen LogP contribution in [0.15, 0.2) is 40.9 Å². The molecule has 0 aliphatic rings. The summed E-state index contributed by atoms with van der Waals surface area (Å²) in [7, 11) is 1.31. The number of halogens is 1. The zero-order valence-corrected chi connectivity index (χ0v) is 13.5. The number of esters is 1. The molecule has 5 heteroatoms. The van der Waals surface area contributed by atoms with E-state index in [0.29, 0.717) is 12.1 Å². The lowest BCUT2D eigenvalue weighted by atomic mass is 10.1. The predicted octanol–water partition coefficient (Wildman–Crippen LogP) is 3.24. The first-order chi connectivity index (χ1) is 10.0. The minimum Gasteiger partial charge on any atom is -0.468 e. The number of hydrogen-bond donors (Lipinski definition) is 0. The van der Waals surface area contributed by atoms with E-state index >= 15 is 0 Å². The highest BCUT2D eigenvalue weighted by Gasteiger charge is 2.17. The highest BCUT2D eigenvalue weighted by atomic mass is 79.9. The summed E-state index contributed by atoms with van der Waals surface area (Å²) in [4.78, 5) is 25.3. The van der Waals surface area contributed by atoms with Crippen LogP contribution in [0.25, 0.3) is 10.8 Å². The molecular formula is C16H16BrNO3. The highest BCUT2D eigenvalue weighted by molar-refractivity contribution is 9.10. The summed E-state index contributed by atoms with van der Waals surface area (Å²) in [6, 6.07) is 11.4. The van der Waals surface area contributed by atoms with E-state index < -0.39 is 5.97 Å². The molecule has 21 heavy (non-hydrogen) atoms.